The second kappa shape index (κ2) is 17.0. The summed E-state index contributed by atoms with van der Waals surface area (Å²) in [6, 6.07) is 2.13. The van der Waals surface area contributed by atoms with Gasteiger partial charge in [-0.2, -0.15) is 0 Å². The molecule has 0 aromatic rings. The predicted octanol–water partition coefficient (Wildman–Crippen LogP) is 8.64. The van der Waals surface area contributed by atoms with Gasteiger partial charge in [-0.1, -0.05) is 119 Å². The summed E-state index contributed by atoms with van der Waals surface area (Å²) in [5.74, 6) is 0. The van der Waals surface area contributed by atoms with Gasteiger partial charge in [0, 0.05) is 13.2 Å². The number of rotatable bonds is 19. The normalized spacial score (nSPS) is 12.7. The lowest BCUT2D eigenvalue weighted by Crippen LogP contribution is -2.43. The molecule has 0 rings (SSSR count). The Morgan fingerprint density at radius 1 is 0.556 bits per heavy atom. The first-order valence-corrected chi connectivity index (χ1v) is 14.4. The molecular weight excluding hydrogens is 348 g/mol. The molecule has 0 unspecified atom stereocenters. The predicted molar refractivity (Wildman–Crippen MR) is 124 cm³/mol. The lowest BCUT2D eigenvalue weighted by molar-refractivity contribution is 0.119. The second-order valence-corrected chi connectivity index (χ2v) is 13.4. The molecule has 3 heteroatoms. The molecule has 0 N–H and O–H groups in total. The van der Waals surface area contributed by atoms with Crippen LogP contribution in [0.5, 0.6) is 0 Å². The standard InChI is InChI=1S/C24H52O2Si/c1-7-10-11-12-13-14-15-16-17-18-19-20-21-22-25-27(8-2,9-3)26-23-24(4,5)6/h7-23H2,1-6H3. The smallest absolute Gasteiger partial charge is 0.337 e. The van der Waals surface area contributed by atoms with Gasteiger partial charge in [-0.15, -0.1) is 0 Å². The first kappa shape index (κ1) is 27.1. The summed E-state index contributed by atoms with van der Waals surface area (Å²) in [5, 5.41) is 0. The van der Waals surface area contributed by atoms with Gasteiger partial charge in [-0.05, 0) is 23.9 Å². The molecule has 0 saturated heterocycles. The van der Waals surface area contributed by atoms with Crippen molar-refractivity contribution < 1.29 is 8.85 Å². The van der Waals surface area contributed by atoms with E-state index in [1.807, 2.05) is 0 Å². The summed E-state index contributed by atoms with van der Waals surface area (Å²) in [4.78, 5) is 0. The molecule has 0 aromatic carbocycles. The van der Waals surface area contributed by atoms with E-state index >= 15 is 0 Å². The average Bonchev–Trinajstić information content (AvgIpc) is 2.64. The van der Waals surface area contributed by atoms with Gasteiger partial charge < -0.3 is 8.85 Å². The maximum Gasteiger partial charge on any atom is 0.337 e. The van der Waals surface area contributed by atoms with Gasteiger partial charge in [0.1, 0.15) is 0 Å². The van der Waals surface area contributed by atoms with Crippen molar-refractivity contribution >= 4 is 8.56 Å². The van der Waals surface area contributed by atoms with Crippen molar-refractivity contribution in [3.63, 3.8) is 0 Å². The highest BCUT2D eigenvalue weighted by Gasteiger charge is 2.34. The first-order valence-electron chi connectivity index (χ1n) is 12.2. The van der Waals surface area contributed by atoms with E-state index in [1.54, 1.807) is 0 Å². The molecule has 0 spiro atoms. The fourth-order valence-corrected chi connectivity index (χ4v) is 6.04. The lowest BCUT2D eigenvalue weighted by atomic mass is 9.99. The molecule has 0 bridgehead atoms. The van der Waals surface area contributed by atoms with E-state index in [0.29, 0.717) is 0 Å². The molecule has 0 atom stereocenters. The quantitative estimate of drug-likeness (QED) is 0.159. The first-order chi connectivity index (χ1) is 12.9. The van der Waals surface area contributed by atoms with Crippen molar-refractivity contribution in [1.82, 2.24) is 0 Å². The van der Waals surface area contributed by atoms with E-state index < -0.39 is 8.56 Å². The zero-order valence-electron chi connectivity index (χ0n) is 19.8. The molecule has 2 nitrogen and oxygen atoms in total. The maximum atomic E-state index is 6.34. The fourth-order valence-electron chi connectivity index (χ4n) is 3.43. The van der Waals surface area contributed by atoms with E-state index in [9.17, 15) is 0 Å². The number of hydrogen-bond acceptors (Lipinski definition) is 2. The van der Waals surface area contributed by atoms with Gasteiger partial charge in [-0.25, -0.2) is 0 Å². The van der Waals surface area contributed by atoms with Crippen LogP contribution in [-0.4, -0.2) is 21.8 Å². The molecule has 0 aliphatic carbocycles. The van der Waals surface area contributed by atoms with Gasteiger partial charge in [0.25, 0.3) is 0 Å². The van der Waals surface area contributed by atoms with Gasteiger partial charge in [0.2, 0.25) is 0 Å². The Morgan fingerprint density at radius 3 is 1.33 bits per heavy atom. The van der Waals surface area contributed by atoms with Crippen molar-refractivity contribution in [1.29, 1.82) is 0 Å². The molecule has 0 fully saturated rings. The van der Waals surface area contributed by atoms with Crippen LogP contribution in [-0.2, 0) is 8.85 Å². The third-order valence-electron chi connectivity index (χ3n) is 5.46. The van der Waals surface area contributed by atoms with Gasteiger partial charge in [0.05, 0.1) is 0 Å². The van der Waals surface area contributed by atoms with Crippen LogP contribution < -0.4 is 0 Å². The van der Waals surface area contributed by atoms with E-state index in [-0.39, 0.29) is 5.41 Å². The SMILES string of the molecule is CCCCCCCCCCCCCCCO[Si](CC)(CC)OCC(C)(C)C. The van der Waals surface area contributed by atoms with Gasteiger partial charge in [-0.3, -0.25) is 0 Å². The molecule has 164 valence electrons. The van der Waals surface area contributed by atoms with Crippen molar-refractivity contribution in [2.45, 2.75) is 137 Å². The van der Waals surface area contributed by atoms with Crippen LogP contribution in [0.15, 0.2) is 0 Å². The van der Waals surface area contributed by atoms with E-state index in [0.717, 1.165) is 25.3 Å². The Kier molecular flexibility index (Phi) is 17.1. The van der Waals surface area contributed by atoms with Crippen molar-refractivity contribution in [2.75, 3.05) is 13.2 Å². The Hall–Kier alpha value is 0.137. The minimum atomic E-state index is -1.96. The molecule has 0 radical (unpaired) electrons. The van der Waals surface area contributed by atoms with Crippen LogP contribution >= 0.6 is 0 Å². The van der Waals surface area contributed by atoms with Gasteiger partial charge >= 0.3 is 8.56 Å². The molecule has 0 saturated carbocycles. The summed E-state index contributed by atoms with van der Waals surface area (Å²) < 4.78 is 12.7. The Balaban J connectivity index is 3.57. The molecule has 0 aromatic heterocycles. The zero-order chi connectivity index (χ0) is 20.4. The topological polar surface area (TPSA) is 18.5 Å². The average molecular weight is 401 g/mol. The summed E-state index contributed by atoms with van der Waals surface area (Å²) in [6.07, 6.45) is 18.2. The Morgan fingerprint density at radius 2 is 0.963 bits per heavy atom. The minimum absolute atomic E-state index is 0.224. The van der Waals surface area contributed by atoms with Crippen molar-refractivity contribution in [3.8, 4) is 0 Å². The molecule has 0 aliphatic heterocycles. The third kappa shape index (κ3) is 16.8. The van der Waals surface area contributed by atoms with Crippen LogP contribution in [0.2, 0.25) is 12.1 Å². The largest absolute Gasteiger partial charge is 0.394 e. The third-order valence-corrected chi connectivity index (χ3v) is 9.01. The van der Waals surface area contributed by atoms with Crippen LogP contribution in [0.4, 0.5) is 0 Å². The van der Waals surface area contributed by atoms with Gasteiger partial charge in [0.15, 0.2) is 0 Å². The van der Waals surface area contributed by atoms with Crippen LogP contribution in [0.25, 0.3) is 0 Å². The minimum Gasteiger partial charge on any atom is -0.394 e. The summed E-state index contributed by atoms with van der Waals surface area (Å²) in [7, 11) is -1.96. The van der Waals surface area contributed by atoms with E-state index in [1.165, 1.54) is 83.5 Å². The second-order valence-electron chi connectivity index (χ2n) is 9.56. The highest BCUT2D eigenvalue weighted by atomic mass is 28.4. The van der Waals surface area contributed by atoms with Crippen molar-refractivity contribution in [3.05, 3.63) is 0 Å². The Bertz CT molecular complexity index is 308. The van der Waals surface area contributed by atoms with E-state index in [2.05, 4.69) is 41.5 Å². The zero-order valence-corrected chi connectivity index (χ0v) is 20.8. The molecule has 0 aliphatic rings. The Labute approximate surface area is 173 Å². The van der Waals surface area contributed by atoms with Crippen LogP contribution in [0, 0.1) is 5.41 Å². The number of unbranched alkanes of at least 4 members (excludes halogenated alkanes) is 12. The molecule has 0 amide bonds. The van der Waals surface area contributed by atoms with Crippen LogP contribution in [0.3, 0.4) is 0 Å². The molecule has 0 heterocycles. The highest BCUT2D eigenvalue weighted by molar-refractivity contribution is 6.67. The molecule has 27 heavy (non-hydrogen) atoms. The summed E-state index contributed by atoms with van der Waals surface area (Å²) in [5.41, 5.74) is 0.224. The van der Waals surface area contributed by atoms with Crippen molar-refractivity contribution in [2.24, 2.45) is 5.41 Å². The maximum absolute atomic E-state index is 6.34. The monoisotopic (exact) mass is 400 g/mol. The fraction of sp³-hybridized carbons (Fsp3) is 1.00. The molecular formula is C24H52O2Si. The summed E-state index contributed by atoms with van der Waals surface area (Å²) >= 11 is 0. The highest BCUT2D eigenvalue weighted by Crippen LogP contribution is 2.24. The van der Waals surface area contributed by atoms with Crippen LogP contribution in [0.1, 0.15) is 125 Å². The lowest BCUT2D eigenvalue weighted by Gasteiger charge is -2.32. The van der Waals surface area contributed by atoms with E-state index in [4.69, 9.17) is 8.85 Å². The summed E-state index contributed by atoms with van der Waals surface area (Å²) in [6.45, 7) is 15.2. The number of hydrogen-bond donors (Lipinski definition) is 0.